The first-order valence-corrected chi connectivity index (χ1v) is 6.61. The van der Waals surface area contributed by atoms with Crippen molar-refractivity contribution in [1.29, 1.82) is 0 Å². The predicted octanol–water partition coefficient (Wildman–Crippen LogP) is 1.17. The van der Waals surface area contributed by atoms with Gasteiger partial charge in [0.15, 0.2) is 0 Å². The van der Waals surface area contributed by atoms with E-state index in [0.29, 0.717) is 24.3 Å². The molecule has 0 radical (unpaired) electrons. The van der Waals surface area contributed by atoms with E-state index in [1.807, 2.05) is 13.8 Å². The van der Waals surface area contributed by atoms with Gasteiger partial charge in [-0.2, -0.15) is 0 Å². The van der Waals surface area contributed by atoms with Gasteiger partial charge < -0.3 is 15.4 Å². The zero-order chi connectivity index (χ0) is 15.1. The number of nitrogens with one attached hydrogen (secondary N) is 2. The molecule has 1 aromatic heterocycles. The quantitative estimate of drug-likeness (QED) is 0.653. The molecule has 110 valence electrons. The molecule has 0 unspecified atom stereocenters. The molecule has 0 saturated carbocycles. The maximum atomic E-state index is 11.9. The Hall–Kier alpha value is -2.11. The SMILES string of the molecule is CC(C)Cc1cc(C(=O)NCCCC(=O)O)cc(=O)[nH]1. The molecule has 1 rings (SSSR count). The van der Waals surface area contributed by atoms with Gasteiger partial charge in [-0.15, -0.1) is 0 Å². The number of carbonyl (C=O) groups is 2. The predicted molar refractivity (Wildman–Crippen MR) is 74.8 cm³/mol. The fourth-order valence-corrected chi connectivity index (χ4v) is 1.83. The van der Waals surface area contributed by atoms with Crippen LogP contribution in [0.1, 0.15) is 42.7 Å². The lowest BCUT2D eigenvalue weighted by Crippen LogP contribution is -2.26. The average molecular weight is 280 g/mol. The number of aliphatic carboxylic acids is 1. The summed E-state index contributed by atoms with van der Waals surface area (Å²) in [6.45, 7) is 4.32. The number of pyridine rings is 1. The number of carboxylic acid groups (broad SMARTS) is 1. The maximum absolute atomic E-state index is 11.9. The molecular formula is C14H20N2O4. The van der Waals surface area contributed by atoms with E-state index in [2.05, 4.69) is 10.3 Å². The van der Waals surface area contributed by atoms with E-state index in [9.17, 15) is 14.4 Å². The first-order valence-electron chi connectivity index (χ1n) is 6.61. The zero-order valence-corrected chi connectivity index (χ0v) is 11.7. The molecule has 1 heterocycles. The first-order chi connectivity index (χ1) is 9.38. The van der Waals surface area contributed by atoms with Crippen LogP contribution in [0.25, 0.3) is 0 Å². The van der Waals surface area contributed by atoms with E-state index < -0.39 is 5.97 Å². The minimum Gasteiger partial charge on any atom is -0.481 e. The standard InChI is InChI=1S/C14H20N2O4/c1-9(2)6-11-7-10(8-12(17)16-11)14(20)15-5-3-4-13(18)19/h7-9H,3-6H2,1-2H3,(H,15,20)(H,16,17)(H,18,19). The minimum absolute atomic E-state index is 0.00819. The minimum atomic E-state index is -0.894. The van der Waals surface area contributed by atoms with E-state index in [1.54, 1.807) is 6.07 Å². The third kappa shape index (κ3) is 5.69. The van der Waals surface area contributed by atoms with Crippen LogP contribution in [0.3, 0.4) is 0 Å². The highest BCUT2D eigenvalue weighted by molar-refractivity contribution is 5.94. The summed E-state index contributed by atoms with van der Waals surface area (Å²) in [4.78, 5) is 36.4. The van der Waals surface area contributed by atoms with Crippen LogP contribution in [0.4, 0.5) is 0 Å². The van der Waals surface area contributed by atoms with E-state index >= 15 is 0 Å². The molecule has 1 aromatic rings. The molecule has 20 heavy (non-hydrogen) atoms. The summed E-state index contributed by atoms with van der Waals surface area (Å²) in [5, 5.41) is 11.1. The lowest BCUT2D eigenvalue weighted by molar-refractivity contribution is -0.137. The van der Waals surface area contributed by atoms with Gasteiger partial charge in [-0.1, -0.05) is 13.8 Å². The van der Waals surface area contributed by atoms with Crippen LogP contribution in [-0.2, 0) is 11.2 Å². The summed E-state index contributed by atoms with van der Waals surface area (Å²) in [7, 11) is 0. The molecule has 0 spiro atoms. The topological polar surface area (TPSA) is 99.3 Å². The van der Waals surface area contributed by atoms with Crippen LogP contribution in [0.15, 0.2) is 16.9 Å². The van der Waals surface area contributed by atoms with Gasteiger partial charge in [0, 0.05) is 30.3 Å². The monoisotopic (exact) mass is 280 g/mol. The Kier molecular flexibility index (Phi) is 5.96. The van der Waals surface area contributed by atoms with E-state index in [-0.39, 0.29) is 24.4 Å². The summed E-state index contributed by atoms with van der Waals surface area (Å²) in [6, 6.07) is 2.91. The number of amides is 1. The van der Waals surface area contributed by atoms with Crippen molar-refractivity contribution in [2.75, 3.05) is 6.54 Å². The van der Waals surface area contributed by atoms with Gasteiger partial charge in [-0.25, -0.2) is 0 Å². The summed E-state index contributed by atoms with van der Waals surface area (Å²) in [5.74, 6) is -0.874. The smallest absolute Gasteiger partial charge is 0.303 e. The van der Waals surface area contributed by atoms with Crippen LogP contribution < -0.4 is 10.9 Å². The molecular weight excluding hydrogens is 260 g/mol. The van der Waals surface area contributed by atoms with Crippen LogP contribution in [0.5, 0.6) is 0 Å². The molecule has 0 aliphatic carbocycles. The number of aromatic amines is 1. The van der Waals surface area contributed by atoms with Gasteiger partial charge in [0.2, 0.25) is 5.56 Å². The van der Waals surface area contributed by atoms with Gasteiger partial charge in [-0.05, 0) is 24.8 Å². The third-order valence-electron chi connectivity index (χ3n) is 2.64. The molecule has 6 heteroatoms. The number of hydrogen-bond donors (Lipinski definition) is 3. The van der Waals surface area contributed by atoms with Gasteiger partial charge >= 0.3 is 5.97 Å². The maximum Gasteiger partial charge on any atom is 0.303 e. The van der Waals surface area contributed by atoms with Crippen molar-refractivity contribution in [2.24, 2.45) is 5.92 Å². The summed E-state index contributed by atoms with van der Waals surface area (Å²) in [5.41, 5.74) is 0.724. The fourth-order valence-electron chi connectivity index (χ4n) is 1.83. The van der Waals surface area contributed by atoms with Gasteiger partial charge in [-0.3, -0.25) is 14.4 Å². The van der Waals surface area contributed by atoms with Crippen LogP contribution >= 0.6 is 0 Å². The second-order valence-corrected chi connectivity index (χ2v) is 5.11. The highest BCUT2D eigenvalue weighted by Gasteiger charge is 2.09. The van der Waals surface area contributed by atoms with E-state index in [0.717, 1.165) is 5.69 Å². The highest BCUT2D eigenvalue weighted by Crippen LogP contribution is 2.06. The van der Waals surface area contributed by atoms with Gasteiger partial charge in [0.25, 0.3) is 5.91 Å². The van der Waals surface area contributed by atoms with Crippen molar-refractivity contribution in [3.63, 3.8) is 0 Å². The summed E-state index contributed by atoms with van der Waals surface area (Å²) in [6.07, 6.45) is 1.06. The molecule has 0 bridgehead atoms. The Morgan fingerprint density at radius 3 is 2.65 bits per heavy atom. The van der Waals surface area contributed by atoms with Gasteiger partial charge in [0.1, 0.15) is 0 Å². The second kappa shape index (κ2) is 7.47. The summed E-state index contributed by atoms with van der Waals surface area (Å²) < 4.78 is 0. The Balaban J connectivity index is 2.65. The Bertz CT molecular complexity index is 534. The molecule has 0 saturated heterocycles. The fraction of sp³-hybridized carbons (Fsp3) is 0.500. The number of carbonyl (C=O) groups excluding carboxylic acids is 1. The molecule has 6 nitrogen and oxygen atoms in total. The third-order valence-corrected chi connectivity index (χ3v) is 2.64. The number of aromatic nitrogens is 1. The Labute approximate surface area is 117 Å². The molecule has 0 aliphatic rings. The normalized spacial score (nSPS) is 10.6. The molecule has 3 N–H and O–H groups in total. The van der Waals surface area contributed by atoms with E-state index in [4.69, 9.17) is 5.11 Å². The van der Waals surface area contributed by atoms with Crippen molar-refractivity contribution in [3.8, 4) is 0 Å². The Morgan fingerprint density at radius 1 is 1.35 bits per heavy atom. The zero-order valence-electron chi connectivity index (χ0n) is 11.7. The highest BCUT2D eigenvalue weighted by atomic mass is 16.4. The number of H-pyrrole nitrogens is 1. The molecule has 1 amide bonds. The first kappa shape index (κ1) is 15.9. The molecule has 0 fully saturated rings. The molecule has 0 aromatic carbocycles. The van der Waals surface area contributed by atoms with Crippen molar-refractivity contribution < 1.29 is 14.7 Å². The second-order valence-electron chi connectivity index (χ2n) is 5.11. The van der Waals surface area contributed by atoms with E-state index in [1.165, 1.54) is 6.07 Å². The van der Waals surface area contributed by atoms with Crippen LogP contribution in [0, 0.1) is 5.92 Å². The molecule has 0 aliphatic heterocycles. The lowest BCUT2D eigenvalue weighted by Gasteiger charge is -2.08. The lowest BCUT2D eigenvalue weighted by atomic mass is 10.1. The number of carboxylic acids is 1. The Morgan fingerprint density at radius 2 is 2.05 bits per heavy atom. The van der Waals surface area contributed by atoms with Crippen molar-refractivity contribution in [1.82, 2.24) is 10.3 Å². The van der Waals surface area contributed by atoms with Crippen molar-refractivity contribution in [2.45, 2.75) is 33.1 Å². The van der Waals surface area contributed by atoms with Crippen molar-refractivity contribution >= 4 is 11.9 Å². The molecule has 0 atom stereocenters. The van der Waals surface area contributed by atoms with Crippen LogP contribution in [-0.4, -0.2) is 28.5 Å². The van der Waals surface area contributed by atoms with Gasteiger partial charge in [0.05, 0.1) is 0 Å². The summed E-state index contributed by atoms with van der Waals surface area (Å²) >= 11 is 0. The van der Waals surface area contributed by atoms with Crippen molar-refractivity contribution in [3.05, 3.63) is 33.7 Å². The number of rotatable bonds is 7. The largest absolute Gasteiger partial charge is 0.481 e. The number of hydrogen-bond acceptors (Lipinski definition) is 3. The van der Waals surface area contributed by atoms with Crippen LogP contribution in [0.2, 0.25) is 0 Å². The average Bonchev–Trinajstić information content (AvgIpc) is 2.32.